The number of benzene rings is 3. The van der Waals surface area contributed by atoms with Gasteiger partial charge in [-0.25, -0.2) is 0 Å². The first kappa shape index (κ1) is 26.0. The molecule has 1 amide bonds. The molecule has 0 aliphatic carbocycles. The van der Waals surface area contributed by atoms with E-state index in [4.69, 9.17) is 9.47 Å². The minimum absolute atomic E-state index is 0.0463. The number of aliphatic hydroxyl groups is 1. The molecule has 1 unspecified atom stereocenters. The molecular weight excluding hydrogens is 466 g/mol. The number of carbonyl (C=O) groups is 2. The fourth-order valence-corrected chi connectivity index (χ4v) is 4.40. The van der Waals surface area contributed by atoms with E-state index in [0.717, 1.165) is 11.1 Å². The van der Waals surface area contributed by atoms with E-state index in [0.29, 0.717) is 47.4 Å². The van der Waals surface area contributed by atoms with Gasteiger partial charge in [0.25, 0.3) is 11.7 Å². The van der Waals surface area contributed by atoms with Crippen molar-refractivity contribution >= 4 is 23.1 Å². The third kappa shape index (κ3) is 5.38. The molecule has 0 spiro atoms. The molecular formula is C31H33NO5. The number of anilines is 1. The van der Waals surface area contributed by atoms with Gasteiger partial charge in [0.1, 0.15) is 17.3 Å². The Morgan fingerprint density at radius 1 is 0.946 bits per heavy atom. The van der Waals surface area contributed by atoms with Crippen LogP contribution in [0.25, 0.3) is 5.76 Å². The molecule has 0 radical (unpaired) electrons. The molecule has 1 saturated heterocycles. The van der Waals surface area contributed by atoms with Crippen molar-refractivity contribution in [3.8, 4) is 11.5 Å². The van der Waals surface area contributed by atoms with Crippen LogP contribution in [0.15, 0.2) is 72.3 Å². The van der Waals surface area contributed by atoms with Crippen LogP contribution in [0.1, 0.15) is 49.1 Å². The lowest BCUT2D eigenvalue weighted by Gasteiger charge is -2.26. The zero-order valence-electron chi connectivity index (χ0n) is 21.9. The number of aliphatic hydroxyl groups excluding tert-OH is 1. The fraction of sp³-hybridized carbons (Fsp3) is 0.290. The van der Waals surface area contributed by atoms with E-state index in [1.807, 2.05) is 69.3 Å². The molecule has 1 atom stereocenters. The van der Waals surface area contributed by atoms with Gasteiger partial charge < -0.3 is 14.6 Å². The molecule has 1 aliphatic rings. The predicted molar refractivity (Wildman–Crippen MR) is 145 cm³/mol. The van der Waals surface area contributed by atoms with E-state index in [-0.39, 0.29) is 11.3 Å². The number of carbonyl (C=O) groups excluding carboxylic acids is 2. The molecule has 0 aromatic heterocycles. The summed E-state index contributed by atoms with van der Waals surface area (Å²) in [6.45, 7) is 11.0. The SMILES string of the molecule is CCOc1ccc(/C(O)=C2/C(=O)C(=O)N(c3ccc(C)cc3)C2c2ccc(OCC(C)C)cc2)cc1C. The highest BCUT2D eigenvalue weighted by molar-refractivity contribution is 6.51. The van der Waals surface area contributed by atoms with E-state index in [1.165, 1.54) is 4.90 Å². The number of hydrogen-bond acceptors (Lipinski definition) is 5. The first-order chi connectivity index (χ1) is 17.7. The van der Waals surface area contributed by atoms with E-state index < -0.39 is 17.7 Å². The van der Waals surface area contributed by atoms with Crippen LogP contribution >= 0.6 is 0 Å². The normalized spacial score (nSPS) is 16.9. The van der Waals surface area contributed by atoms with E-state index in [9.17, 15) is 14.7 Å². The van der Waals surface area contributed by atoms with Crippen LogP contribution in [0, 0.1) is 19.8 Å². The Balaban J connectivity index is 1.83. The van der Waals surface area contributed by atoms with Crippen LogP contribution < -0.4 is 14.4 Å². The predicted octanol–water partition coefficient (Wildman–Crippen LogP) is 6.36. The van der Waals surface area contributed by atoms with Gasteiger partial charge in [0.15, 0.2) is 0 Å². The molecule has 0 bridgehead atoms. The largest absolute Gasteiger partial charge is 0.507 e. The Bertz CT molecular complexity index is 1320. The summed E-state index contributed by atoms with van der Waals surface area (Å²) in [6.07, 6.45) is 0. The van der Waals surface area contributed by atoms with Crippen molar-refractivity contribution in [1.82, 2.24) is 0 Å². The Morgan fingerprint density at radius 3 is 2.22 bits per heavy atom. The Kier molecular flexibility index (Phi) is 7.67. The molecule has 1 heterocycles. The van der Waals surface area contributed by atoms with Gasteiger partial charge in [0.2, 0.25) is 0 Å². The summed E-state index contributed by atoms with van der Waals surface area (Å²) in [5.74, 6) is 0.155. The van der Waals surface area contributed by atoms with Crippen molar-refractivity contribution in [2.45, 2.75) is 40.7 Å². The average molecular weight is 500 g/mol. The van der Waals surface area contributed by atoms with Crippen molar-refractivity contribution < 1.29 is 24.2 Å². The van der Waals surface area contributed by atoms with Gasteiger partial charge in [-0.05, 0) is 80.3 Å². The van der Waals surface area contributed by atoms with Crippen LogP contribution in [-0.2, 0) is 9.59 Å². The molecule has 37 heavy (non-hydrogen) atoms. The maximum atomic E-state index is 13.4. The molecule has 3 aromatic carbocycles. The van der Waals surface area contributed by atoms with Crippen molar-refractivity contribution in [3.05, 3.63) is 94.6 Å². The lowest BCUT2D eigenvalue weighted by Crippen LogP contribution is -2.29. The van der Waals surface area contributed by atoms with Crippen molar-refractivity contribution in [2.24, 2.45) is 5.92 Å². The van der Waals surface area contributed by atoms with Crippen LogP contribution in [0.5, 0.6) is 11.5 Å². The van der Waals surface area contributed by atoms with E-state index >= 15 is 0 Å². The van der Waals surface area contributed by atoms with E-state index in [1.54, 1.807) is 18.2 Å². The molecule has 4 rings (SSSR count). The Labute approximate surface area is 218 Å². The van der Waals surface area contributed by atoms with Crippen LogP contribution in [-0.4, -0.2) is 30.0 Å². The van der Waals surface area contributed by atoms with Crippen molar-refractivity contribution in [1.29, 1.82) is 0 Å². The van der Waals surface area contributed by atoms with Crippen molar-refractivity contribution in [3.63, 3.8) is 0 Å². The van der Waals surface area contributed by atoms with Gasteiger partial charge >= 0.3 is 0 Å². The van der Waals surface area contributed by atoms with E-state index in [2.05, 4.69) is 13.8 Å². The topological polar surface area (TPSA) is 76.1 Å². The van der Waals surface area contributed by atoms with Gasteiger partial charge in [-0.15, -0.1) is 0 Å². The number of nitrogens with zero attached hydrogens (tertiary/aromatic N) is 1. The fourth-order valence-electron chi connectivity index (χ4n) is 4.40. The molecule has 192 valence electrons. The Hall–Kier alpha value is -4.06. The third-order valence-electron chi connectivity index (χ3n) is 6.28. The average Bonchev–Trinajstić information content (AvgIpc) is 3.14. The van der Waals surface area contributed by atoms with Gasteiger partial charge in [0, 0.05) is 11.3 Å². The van der Waals surface area contributed by atoms with Gasteiger partial charge in [-0.1, -0.05) is 43.7 Å². The lowest BCUT2D eigenvalue weighted by atomic mass is 9.94. The maximum Gasteiger partial charge on any atom is 0.300 e. The van der Waals surface area contributed by atoms with Crippen LogP contribution in [0.4, 0.5) is 5.69 Å². The molecule has 3 aromatic rings. The van der Waals surface area contributed by atoms with Crippen molar-refractivity contribution in [2.75, 3.05) is 18.1 Å². The molecule has 1 aliphatic heterocycles. The summed E-state index contributed by atoms with van der Waals surface area (Å²) in [5.41, 5.74) is 3.63. The smallest absolute Gasteiger partial charge is 0.300 e. The highest BCUT2D eigenvalue weighted by Crippen LogP contribution is 2.42. The van der Waals surface area contributed by atoms with Gasteiger partial charge in [0.05, 0.1) is 24.8 Å². The summed E-state index contributed by atoms with van der Waals surface area (Å²) in [7, 11) is 0. The standard InChI is InChI=1S/C31H33NO5/c1-6-36-26-16-11-23(17-21(26)5)29(33)27-28(22-9-14-25(15-10-22)37-18-19(2)3)32(31(35)30(27)34)24-12-7-20(4)8-13-24/h7-17,19,28,33H,6,18H2,1-5H3/b29-27-. The first-order valence-electron chi connectivity index (χ1n) is 12.6. The maximum absolute atomic E-state index is 13.4. The zero-order chi connectivity index (χ0) is 26.7. The molecule has 1 N–H and O–H groups in total. The Morgan fingerprint density at radius 2 is 1.62 bits per heavy atom. The highest BCUT2D eigenvalue weighted by atomic mass is 16.5. The summed E-state index contributed by atoms with van der Waals surface area (Å²) in [4.78, 5) is 28.2. The second kappa shape index (κ2) is 10.9. The van der Waals surface area contributed by atoms with Crippen LogP contribution in [0.3, 0.4) is 0 Å². The summed E-state index contributed by atoms with van der Waals surface area (Å²) < 4.78 is 11.4. The summed E-state index contributed by atoms with van der Waals surface area (Å²) in [5, 5.41) is 11.4. The first-order valence-corrected chi connectivity index (χ1v) is 12.6. The minimum atomic E-state index is -0.797. The molecule has 6 nitrogen and oxygen atoms in total. The minimum Gasteiger partial charge on any atom is -0.507 e. The quantitative estimate of drug-likeness (QED) is 0.222. The number of aryl methyl sites for hydroxylation is 2. The monoisotopic (exact) mass is 499 g/mol. The van der Waals surface area contributed by atoms with Gasteiger partial charge in [-0.3, -0.25) is 14.5 Å². The number of ether oxygens (including phenoxy) is 2. The zero-order valence-corrected chi connectivity index (χ0v) is 21.9. The second-order valence-electron chi connectivity index (χ2n) is 9.69. The summed E-state index contributed by atoms with van der Waals surface area (Å²) >= 11 is 0. The molecule has 0 saturated carbocycles. The number of Topliss-reactive ketones (excluding diaryl/α,β-unsaturated/α-hetero) is 1. The number of hydrogen-bond donors (Lipinski definition) is 1. The van der Waals surface area contributed by atoms with Crippen LogP contribution in [0.2, 0.25) is 0 Å². The molecule has 6 heteroatoms. The second-order valence-corrected chi connectivity index (χ2v) is 9.69. The number of rotatable bonds is 8. The third-order valence-corrected chi connectivity index (χ3v) is 6.28. The summed E-state index contributed by atoms with van der Waals surface area (Å²) in [6, 6.07) is 19.2. The number of amides is 1. The lowest BCUT2D eigenvalue weighted by molar-refractivity contribution is -0.132. The van der Waals surface area contributed by atoms with Gasteiger partial charge in [-0.2, -0.15) is 0 Å². The number of ketones is 1. The molecule has 1 fully saturated rings. The highest BCUT2D eigenvalue weighted by Gasteiger charge is 2.47.